The maximum atomic E-state index is 13.0. The molecule has 1 fully saturated rings. The lowest BCUT2D eigenvalue weighted by Gasteiger charge is -2.40. The van der Waals surface area contributed by atoms with E-state index in [4.69, 9.17) is 9.47 Å². The molecule has 0 aliphatic carbocycles. The largest absolute Gasteiger partial charge is 0.490 e. The molecule has 174 valence electrons. The lowest BCUT2D eigenvalue weighted by molar-refractivity contribution is -0.231. The van der Waals surface area contributed by atoms with Gasteiger partial charge in [-0.2, -0.15) is 13.2 Å². The van der Waals surface area contributed by atoms with Crippen LogP contribution in [-0.2, 0) is 17.5 Å². The summed E-state index contributed by atoms with van der Waals surface area (Å²) in [6.45, 7) is 0.500. The quantitative estimate of drug-likeness (QED) is 0.556. The third-order valence-electron chi connectivity index (χ3n) is 5.79. The molecule has 2 heterocycles. The van der Waals surface area contributed by atoms with Crippen LogP contribution in [-0.4, -0.2) is 64.6 Å². The van der Waals surface area contributed by atoms with Crippen molar-refractivity contribution in [3.8, 4) is 5.75 Å². The molecule has 10 heteroatoms. The number of fused-ring (bicyclic) bond motifs is 1. The topological polar surface area (TPSA) is 103 Å². The number of nitrogens with zero attached hydrogens (tertiary/aromatic N) is 1. The van der Waals surface area contributed by atoms with E-state index in [1.165, 1.54) is 6.07 Å². The SMILES string of the molecule is OC[C@H]1O[C@@H](c2ccc3c(c2)OCCN3Cc2cccc(C(F)(F)F)c2)[C@H](O)[C@@H](O)[C@@H]1O. The Morgan fingerprint density at radius 2 is 1.78 bits per heavy atom. The standard InChI is InChI=1S/C22H24F3NO6/c23-22(24,25)14-3-1-2-12(8-14)10-26-6-7-31-16-9-13(4-5-15(16)26)21-20(30)19(29)18(28)17(11-27)32-21/h1-5,8-9,17-21,27-30H,6-7,10-11H2/t17-,18-,19+,20-,21+/m1/s1. The van der Waals surface area contributed by atoms with Gasteiger partial charge in [0.25, 0.3) is 0 Å². The van der Waals surface area contributed by atoms with E-state index in [9.17, 15) is 33.6 Å². The van der Waals surface area contributed by atoms with Crippen LogP contribution in [0.25, 0.3) is 0 Å². The third-order valence-corrected chi connectivity index (χ3v) is 5.79. The van der Waals surface area contributed by atoms with Crippen molar-refractivity contribution in [1.29, 1.82) is 0 Å². The van der Waals surface area contributed by atoms with E-state index >= 15 is 0 Å². The molecular weight excluding hydrogens is 431 g/mol. The highest BCUT2D eigenvalue weighted by Crippen LogP contribution is 2.39. The van der Waals surface area contributed by atoms with Gasteiger partial charge in [0.2, 0.25) is 0 Å². The van der Waals surface area contributed by atoms with Crippen molar-refractivity contribution in [3.63, 3.8) is 0 Å². The number of benzene rings is 2. The van der Waals surface area contributed by atoms with Crippen molar-refractivity contribution in [3.05, 3.63) is 59.2 Å². The highest BCUT2D eigenvalue weighted by atomic mass is 19.4. The number of alkyl halides is 3. The number of aliphatic hydroxyl groups excluding tert-OH is 4. The maximum absolute atomic E-state index is 13.0. The van der Waals surface area contributed by atoms with E-state index < -0.39 is 48.9 Å². The van der Waals surface area contributed by atoms with Gasteiger partial charge in [0.05, 0.1) is 24.4 Å². The predicted molar refractivity (Wildman–Crippen MR) is 107 cm³/mol. The van der Waals surface area contributed by atoms with Gasteiger partial charge in [0.1, 0.15) is 42.9 Å². The van der Waals surface area contributed by atoms with Gasteiger partial charge in [-0.3, -0.25) is 0 Å². The zero-order chi connectivity index (χ0) is 23.0. The highest BCUT2D eigenvalue weighted by Gasteiger charge is 2.44. The number of ether oxygens (including phenoxy) is 2. The Morgan fingerprint density at radius 3 is 2.50 bits per heavy atom. The molecule has 2 aromatic carbocycles. The number of aliphatic hydroxyl groups is 4. The molecule has 4 N–H and O–H groups in total. The van der Waals surface area contributed by atoms with Crippen LogP contribution in [0.15, 0.2) is 42.5 Å². The van der Waals surface area contributed by atoms with E-state index in [0.717, 1.165) is 12.1 Å². The minimum absolute atomic E-state index is 0.250. The van der Waals surface area contributed by atoms with Crippen LogP contribution in [0.3, 0.4) is 0 Å². The molecule has 2 aromatic rings. The zero-order valence-electron chi connectivity index (χ0n) is 16.9. The number of hydrogen-bond donors (Lipinski definition) is 4. The number of halogens is 3. The van der Waals surface area contributed by atoms with Crippen molar-refractivity contribution in [2.75, 3.05) is 24.7 Å². The molecule has 2 aliphatic heterocycles. The van der Waals surface area contributed by atoms with E-state index in [0.29, 0.717) is 35.7 Å². The van der Waals surface area contributed by atoms with Gasteiger partial charge in [-0.15, -0.1) is 0 Å². The minimum Gasteiger partial charge on any atom is -0.490 e. The average molecular weight is 455 g/mol. The van der Waals surface area contributed by atoms with Crippen LogP contribution >= 0.6 is 0 Å². The Morgan fingerprint density at radius 1 is 1.00 bits per heavy atom. The van der Waals surface area contributed by atoms with Gasteiger partial charge in [-0.25, -0.2) is 0 Å². The molecule has 0 aromatic heterocycles. The Balaban J connectivity index is 1.57. The summed E-state index contributed by atoms with van der Waals surface area (Å²) < 4.78 is 50.4. The third kappa shape index (κ3) is 4.41. The fraction of sp³-hybridized carbons (Fsp3) is 0.455. The summed E-state index contributed by atoms with van der Waals surface area (Å²) in [6, 6.07) is 10.1. The van der Waals surface area contributed by atoms with Crippen molar-refractivity contribution < 1.29 is 43.1 Å². The second-order valence-corrected chi connectivity index (χ2v) is 7.94. The number of anilines is 1. The summed E-state index contributed by atoms with van der Waals surface area (Å²) in [4.78, 5) is 1.89. The van der Waals surface area contributed by atoms with Gasteiger partial charge in [-0.05, 0) is 35.4 Å². The van der Waals surface area contributed by atoms with Gasteiger partial charge in [-0.1, -0.05) is 18.2 Å². The second-order valence-electron chi connectivity index (χ2n) is 7.94. The molecule has 0 spiro atoms. The first-order valence-electron chi connectivity index (χ1n) is 10.2. The molecule has 32 heavy (non-hydrogen) atoms. The molecule has 0 amide bonds. The zero-order valence-corrected chi connectivity index (χ0v) is 16.9. The van der Waals surface area contributed by atoms with Gasteiger partial charge in [0.15, 0.2) is 0 Å². The molecule has 7 nitrogen and oxygen atoms in total. The molecule has 2 aliphatic rings. The summed E-state index contributed by atoms with van der Waals surface area (Å²) in [5.41, 5.74) is 0.940. The molecular formula is C22H24F3NO6. The Kier molecular flexibility index (Phi) is 6.33. The lowest BCUT2D eigenvalue weighted by Crippen LogP contribution is -2.55. The number of rotatable bonds is 4. The fourth-order valence-corrected chi connectivity index (χ4v) is 4.08. The Bertz CT molecular complexity index is 954. The minimum atomic E-state index is -4.42. The van der Waals surface area contributed by atoms with Gasteiger partial charge < -0.3 is 34.8 Å². The van der Waals surface area contributed by atoms with E-state index in [1.807, 2.05) is 4.90 Å². The normalized spacial score (nSPS) is 28.2. The van der Waals surface area contributed by atoms with Crippen molar-refractivity contribution >= 4 is 5.69 Å². The van der Waals surface area contributed by atoms with E-state index in [-0.39, 0.29) is 6.54 Å². The highest BCUT2D eigenvalue weighted by molar-refractivity contribution is 5.61. The van der Waals surface area contributed by atoms with Crippen molar-refractivity contribution in [1.82, 2.24) is 0 Å². The second kappa shape index (κ2) is 8.87. The first-order chi connectivity index (χ1) is 15.2. The summed E-state index contributed by atoms with van der Waals surface area (Å²) >= 11 is 0. The molecule has 0 radical (unpaired) electrons. The van der Waals surface area contributed by atoms with Crippen LogP contribution in [0.5, 0.6) is 5.75 Å². The van der Waals surface area contributed by atoms with E-state index in [2.05, 4.69) is 0 Å². The molecule has 0 bridgehead atoms. The average Bonchev–Trinajstić information content (AvgIpc) is 2.77. The molecule has 1 saturated heterocycles. The van der Waals surface area contributed by atoms with Crippen LogP contribution in [0.4, 0.5) is 18.9 Å². The van der Waals surface area contributed by atoms with Gasteiger partial charge in [0, 0.05) is 6.54 Å². The molecule has 4 rings (SSSR count). The van der Waals surface area contributed by atoms with E-state index in [1.54, 1.807) is 24.3 Å². The lowest BCUT2D eigenvalue weighted by atomic mass is 9.91. The first-order valence-corrected chi connectivity index (χ1v) is 10.2. The molecule has 5 atom stereocenters. The summed E-state index contributed by atoms with van der Waals surface area (Å²) in [7, 11) is 0. The summed E-state index contributed by atoms with van der Waals surface area (Å²) in [5, 5.41) is 39.8. The van der Waals surface area contributed by atoms with Crippen molar-refractivity contribution in [2.45, 2.75) is 43.2 Å². The van der Waals surface area contributed by atoms with Crippen LogP contribution in [0, 0.1) is 0 Å². The fourth-order valence-electron chi connectivity index (χ4n) is 4.08. The first kappa shape index (κ1) is 22.8. The Hall–Kier alpha value is -2.37. The Labute approximate surface area is 182 Å². The van der Waals surface area contributed by atoms with Crippen LogP contribution in [0.1, 0.15) is 22.8 Å². The molecule has 0 unspecified atom stereocenters. The predicted octanol–water partition coefficient (Wildman–Crippen LogP) is 1.62. The smallest absolute Gasteiger partial charge is 0.416 e. The summed E-state index contributed by atoms with van der Waals surface area (Å²) in [6.07, 6.45) is -10.8. The van der Waals surface area contributed by atoms with Crippen LogP contribution < -0.4 is 9.64 Å². The van der Waals surface area contributed by atoms with Crippen LogP contribution in [0.2, 0.25) is 0 Å². The molecule has 0 saturated carbocycles. The van der Waals surface area contributed by atoms with Crippen molar-refractivity contribution in [2.24, 2.45) is 0 Å². The summed E-state index contributed by atoms with van der Waals surface area (Å²) in [5.74, 6) is 0.456. The maximum Gasteiger partial charge on any atom is 0.416 e. The van der Waals surface area contributed by atoms with Gasteiger partial charge >= 0.3 is 6.18 Å². The monoisotopic (exact) mass is 455 g/mol. The number of hydrogen-bond acceptors (Lipinski definition) is 7.